The Morgan fingerprint density at radius 2 is 1.96 bits per heavy atom. The molecule has 0 unspecified atom stereocenters. The molecule has 1 fully saturated rings. The van der Waals surface area contributed by atoms with Gasteiger partial charge in [-0.05, 0) is 98.7 Å². The predicted octanol–water partition coefficient (Wildman–Crippen LogP) is 3.67. The second-order valence-corrected chi connectivity index (χ2v) is 8.14. The van der Waals surface area contributed by atoms with Gasteiger partial charge in [0.05, 0.1) is 6.54 Å². The summed E-state index contributed by atoms with van der Waals surface area (Å²) in [5.74, 6) is 0.872. The van der Waals surface area contributed by atoms with Gasteiger partial charge >= 0.3 is 0 Å². The highest BCUT2D eigenvalue weighted by Crippen LogP contribution is 2.18. The maximum atomic E-state index is 12.2. The highest BCUT2D eigenvalue weighted by atomic mass is 127. The number of rotatable bonds is 8. The van der Waals surface area contributed by atoms with Crippen molar-refractivity contribution < 1.29 is 4.79 Å². The number of amides is 1. The van der Waals surface area contributed by atoms with Crippen LogP contribution in [0.1, 0.15) is 32.6 Å². The summed E-state index contributed by atoms with van der Waals surface area (Å²) in [5.41, 5.74) is 0.882. The Morgan fingerprint density at radius 1 is 1.29 bits per heavy atom. The van der Waals surface area contributed by atoms with E-state index in [0.717, 1.165) is 24.7 Å². The smallest absolute Gasteiger partial charge is 0.238 e. The molecule has 0 spiro atoms. The van der Waals surface area contributed by atoms with Crippen LogP contribution >= 0.6 is 22.6 Å². The molecule has 0 bridgehead atoms. The first-order valence-corrected chi connectivity index (χ1v) is 10.1. The van der Waals surface area contributed by atoms with Crippen molar-refractivity contribution in [3.05, 3.63) is 27.8 Å². The predicted molar refractivity (Wildman–Crippen MR) is 109 cm³/mol. The molecule has 1 saturated heterocycles. The lowest BCUT2D eigenvalue weighted by Gasteiger charge is -2.33. The summed E-state index contributed by atoms with van der Waals surface area (Å²) in [4.78, 5) is 16.9. The van der Waals surface area contributed by atoms with E-state index < -0.39 is 0 Å². The second kappa shape index (κ2) is 10.4. The van der Waals surface area contributed by atoms with E-state index in [9.17, 15) is 4.79 Å². The summed E-state index contributed by atoms with van der Waals surface area (Å²) in [6.07, 6.45) is 4.95. The van der Waals surface area contributed by atoms with Crippen LogP contribution in [0.25, 0.3) is 0 Å². The molecule has 0 aromatic heterocycles. The van der Waals surface area contributed by atoms with Gasteiger partial charge in [0.15, 0.2) is 0 Å². The van der Waals surface area contributed by atoms with Crippen molar-refractivity contribution in [2.24, 2.45) is 5.92 Å². The zero-order valence-corrected chi connectivity index (χ0v) is 17.1. The van der Waals surface area contributed by atoms with E-state index in [2.05, 4.69) is 51.7 Å². The van der Waals surface area contributed by atoms with E-state index in [4.69, 9.17) is 0 Å². The van der Waals surface area contributed by atoms with Crippen LogP contribution in [0.2, 0.25) is 0 Å². The Kier molecular flexibility index (Phi) is 8.49. The number of hydrogen-bond acceptors (Lipinski definition) is 3. The number of carbonyl (C=O) groups is 1. The van der Waals surface area contributed by atoms with Gasteiger partial charge in [0.1, 0.15) is 0 Å². The summed E-state index contributed by atoms with van der Waals surface area (Å²) >= 11 is 2.27. The standard InChI is InChI=1S/C19H30IN3O/c1-3-4-11-22(2)14-16-9-12-23(13-10-16)15-19(24)21-18-7-5-17(20)6-8-18/h5-8,16H,3-4,9-15H2,1-2H3,(H,21,24). The Balaban J connectivity index is 1.67. The third kappa shape index (κ3) is 7.07. The molecule has 0 radical (unpaired) electrons. The fraction of sp³-hybridized carbons (Fsp3) is 0.632. The summed E-state index contributed by atoms with van der Waals surface area (Å²) in [7, 11) is 2.23. The van der Waals surface area contributed by atoms with Gasteiger partial charge in [-0.25, -0.2) is 0 Å². The van der Waals surface area contributed by atoms with Gasteiger partial charge in [-0.1, -0.05) is 13.3 Å². The summed E-state index contributed by atoms with van der Waals surface area (Å²) < 4.78 is 1.18. The summed E-state index contributed by atoms with van der Waals surface area (Å²) in [6, 6.07) is 7.93. The van der Waals surface area contributed by atoms with E-state index in [1.165, 1.54) is 42.3 Å². The van der Waals surface area contributed by atoms with Crippen LogP contribution in [0.5, 0.6) is 0 Å². The van der Waals surface area contributed by atoms with Crippen molar-refractivity contribution in [3.8, 4) is 0 Å². The summed E-state index contributed by atoms with van der Waals surface area (Å²) in [6.45, 7) is 7.22. The number of nitrogens with zero attached hydrogens (tertiary/aromatic N) is 2. The lowest BCUT2D eigenvalue weighted by Crippen LogP contribution is -2.41. The maximum Gasteiger partial charge on any atom is 0.238 e. The minimum absolute atomic E-state index is 0.0923. The SMILES string of the molecule is CCCCN(C)CC1CCN(CC(=O)Nc2ccc(I)cc2)CC1. The first-order valence-electron chi connectivity index (χ1n) is 9.03. The van der Waals surface area contributed by atoms with Crippen LogP contribution in [-0.4, -0.2) is 55.5 Å². The largest absolute Gasteiger partial charge is 0.325 e. The lowest BCUT2D eigenvalue weighted by molar-refractivity contribution is -0.117. The van der Waals surface area contributed by atoms with E-state index in [0.29, 0.717) is 6.54 Å². The van der Waals surface area contributed by atoms with E-state index in [1.54, 1.807) is 0 Å². The topological polar surface area (TPSA) is 35.6 Å². The fourth-order valence-electron chi connectivity index (χ4n) is 3.22. The molecule has 1 heterocycles. The van der Waals surface area contributed by atoms with Gasteiger partial charge in [0.25, 0.3) is 0 Å². The first kappa shape index (κ1) is 19.7. The maximum absolute atomic E-state index is 12.2. The number of nitrogens with one attached hydrogen (secondary N) is 1. The van der Waals surface area contributed by atoms with Crippen LogP contribution in [-0.2, 0) is 4.79 Å². The van der Waals surface area contributed by atoms with E-state index in [-0.39, 0.29) is 5.91 Å². The number of halogens is 1. The molecule has 0 atom stereocenters. The highest BCUT2D eigenvalue weighted by Gasteiger charge is 2.21. The monoisotopic (exact) mass is 443 g/mol. The molecule has 1 aliphatic rings. The molecule has 1 aromatic rings. The third-order valence-electron chi connectivity index (χ3n) is 4.67. The third-order valence-corrected chi connectivity index (χ3v) is 5.38. The molecule has 4 nitrogen and oxygen atoms in total. The number of likely N-dealkylation sites (tertiary alicyclic amines) is 1. The minimum atomic E-state index is 0.0923. The van der Waals surface area contributed by atoms with Gasteiger partial charge < -0.3 is 10.2 Å². The number of anilines is 1. The molecular formula is C19H30IN3O. The zero-order chi connectivity index (χ0) is 17.4. The quantitative estimate of drug-likeness (QED) is 0.623. The normalized spacial score (nSPS) is 16.5. The Morgan fingerprint density at radius 3 is 2.58 bits per heavy atom. The van der Waals surface area contributed by atoms with E-state index >= 15 is 0 Å². The molecule has 5 heteroatoms. The average molecular weight is 443 g/mol. The average Bonchev–Trinajstić information content (AvgIpc) is 2.57. The molecule has 1 aromatic carbocycles. The van der Waals surface area contributed by atoms with Crippen molar-refractivity contribution in [1.82, 2.24) is 9.80 Å². The highest BCUT2D eigenvalue weighted by molar-refractivity contribution is 14.1. The number of hydrogen-bond donors (Lipinski definition) is 1. The van der Waals surface area contributed by atoms with Gasteiger partial charge in [-0.3, -0.25) is 9.69 Å². The first-order chi connectivity index (χ1) is 11.6. The van der Waals surface area contributed by atoms with Crippen molar-refractivity contribution in [2.75, 3.05) is 45.1 Å². The minimum Gasteiger partial charge on any atom is -0.325 e. The van der Waals surface area contributed by atoms with Crippen LogP contribution in [0.3, 0.4) is 0 Å². The molecule has 0 aliphatic carbocycles. The van der Waals surface area contributed by atoms with Crippen LogP contribution in [0.4, 0.5) is 5.69 Å². The Labute approximate surface area is 160 Å². The molecule has 1 N–H and O–H groups in total. The molecule has 24 heavy (non-hydrogen) atoms. The second-order valence-electron chi connectivity index (χ2n) is 6.89. The van der Waals surface area contributed by atoms with Crippen LogP contribution in [0, 0.1) is 9.49 Å². The van der Waals surface area contributed by atoms with Crippen molar-refractivity contribution in [1.29, 1.82) is 0 Å². The summed E-state index contributed by atoms with van der Waals surface area (Å²) in [5, 5.41) is 2.99. The van der Waals surface area contributed by atoms with Gasteiger partial charge in [-0.2, -0.15) is 0 Å². The number of benzene rings is 1. The molecule has 1 amide bonds. The van der Waals surface area contributed by atoms with Gasteiger partial charge in [0, 0.05) is 15.8 Å². The van der Waals surface area contributed by atoms with Gasteiger partial charge in [-0.15, -0.1) is 0 Å². The number of unbranched alkanes of at least 4 members (excludes halogenated alkanes) is 1. The Bertz CT molecular complexity index is 498. The molecule has 1 aliphatic heterocycles. The van der Waals surface area contributed by atoms with Crippen LogP contribution < -0.4 is 5.32 Å². The van der Waals surface area contributed by atoms with Gasteiger partial charge in [0.2, 0.25) is 5.91 Å². The lowest BCUT2D eigenvalue weighted by atomic mass is 9.96. The molecule has 0 saturated carbocycles. The molecular weight excluding hydrogens is 413 g/mol. The molecule has 134 valence electrons. The van der Waals surface area contributed by atoms with Crippen molar-refractivity contribution >= 4 is 34.2 Å². The van der Waals surface area contributed by atoms with Crippen molar-refractivity contribution in [2.45, 2.75) is 32.6 Å². The fourth-order valence-corrected chi connectivity index (χ4v) is 3.58. The van der Waals surface area contributed by atoms with Crippen LogP contribution in [0.15, 0.2) is 24.3 Å². The number of carbonyl (C=O) groups excluding carboxylic acids is 1. The van der Waals surface area contributed by atoms with Crippen molar-refractivity contribution in [3.63, 3.8) is 0 Å². The Hall–Kier alpha value is -0.660. The number of piperidine rings is 1. The zero-order valence-electron chi connectivity index (χ0n) is 14.9. The van der Waals surface area contributed by atoms with E-state index in [1.807, 2.05) is 24.3 Å². The molecule has 2 rings (SSSR count).